The van der Waals surface area contributed by atoms with Crippen molar-refractivity contribution < 1.29 is 4.79 Å². The first-order valence-electron chi connectivity index (χ1n) is 10.6. The quantitative estimate of drug-likeness (QED) is 0.471. The lowest BCUT2D eigenvalue weighted by Gasteiger charge is -2.21. The van der Waals surface area contributed by atoms with Crippen LogP contribution in [0.25, 0.3) is 11.0 Å². The van der Waals surface area contributed by atoms with Crippen LogP contribution in [0, 0.1) is 0 Å². The molecule has 168 valence electrons. The Balaban J connectivity index is 1.93. The van der Waals surface area contributed by atoms with E-state index < -0.39 is 21.9 Å². The lowest BCUT2D eigenvalue weighted by molar-refractivity contribution is -0.120. The largest absolute Gasteiger partial charge is 0.352 e. The molecule has 8 nitrogen and oxygen atoms in total. The SMILES string of the molecule is Cn1c(=O)c2c(SC(C(=O)NC3CC3)c3ccccc3)nc(C(C)(C)C)nc2n(C)c1=O. The van der Waals surface area contributed by atoms with E-state index in [4.69, 9.17) is 4.98 Å². The van der Waals surface area contributed by atoms with Crippen LogP contribution in [0.2, 0.25) is 0 Å². The Labute approximate surface area is 190 Å². The summed E-state index contributed by atoms with van der Waals surface area (Å²) >= 11 is 1.23. The number of thioether (sulfide) groups is 1. The summed E-state index contributed by atoms with van der Waals surface area (Å²) in [5, 5.41) is 3.12. The predicted molar refractivity (Wildman–Crippen MR) is 125 cm³/mol. The number of carbonyl (C=O) groups is 1. The molecule has 2 heterocycles. The summed E-state index contributed by atoms with van der Waals surface area (Å²) in [6, 6.07) is 9.66. The van der Waals surface area contributed by atoms with Crippen molar-refractivity contribution in [2.45, 2.75) is 55.3 Å². The number of fused-ring (bicyclic) bond motifs is 1. The Morgan fingerprint density at radius 1 is 1.09 bits per heavy atom. The van der Waals surface area contributed by atoms with E-state index in [-0.39, 0.29) is 23.0 Å². The maximum atomic E-state index is 13.2. The molecule has 1 aliphatic carbocycles. The van der Waals surface area contributed by atoms with Gasteiger partial charge in [0.2, 0.25) is 5.91 Å². The standard InChI is InChI=1S/C23H27N5O3S/c1-23(2,3)21-25-17-15(20(30)28(5)22(31)27(17)4)19(26-21)32-16(13-9-7-6-8-10-13)18(29)24-14-11-12-14/h6-10,14,16H,11-12H2,1-5H3,(H,24,29). The number of hydrogen-bond acceptors (Lipinski definition) is 6. The molecule has 1 saturated carbocycles. The van der Waals surface area contributed by atoms with Crippen molar-refractivity contribution in [3.63, 3.8) is 0 Å². The Bertz CT molecular complexity index is 1300. The fourth-order valence-electron chi connectivity index (χ4n) is 3.37. The summed E-state index contributed by atoms with van der Waals surface area (Å²) in [7, 11) is 3.02. The minimum atomic E-state index is -0.593. The van der Waals surface area contributed by atoms with Gasteiger partial charge in [0, 0.05) is 25.6 Å². The lowest BCUT2D eigenvalue weighted by atomic mass is 9.96. The summed E-state index contributed by atoms with van der Waals surface area (Å²) in [4.78, 5) is 48.1. The van der Waals surface area contributed by atoms with Gasteiger partial charge >= 0.3 is 5.69 Å². The van der Waals surface area contributed by atoms with Crippen LogP contribution in [0.4, 0.5) is 0 Å². The van der Waals surface area contributed by atoms with Gasteiger partial charge in [-0.1, -0.05) is 62.9 Å². The van der Waals surface area contributed by atoms with Crippen molar-refractivity contribution in [1.82, 2.24) is 24.4 Å². The molecular formula is C23H27N5O3S. The molecule has 1 aromatic carbocycles. The van der Waals surface area contributed by atoms with Gasteiger partial charge in [0.15, 0.2) is 5.65 Å². The lowest BCUT2D eigenvalue weighted by Crippen LogP contribution is -2.38. The van der Waals surface area contributed by atoms with Crippen molar-refractivity contribution in [1.29, 1.82) is 0 Å². The summed E-state index contributed by atoms with van der Waals surface area (Å²) in [5.41, 5.74) is -0.251. The Morgan fingerprint density at radius 2 is 1.75 bits per heavy atom. The van der Waals surface area contributed by atoms with Crippen LogP contribution in [0.15, 0.2) is 44.9 Å². The van der Waals surface area contributed by atoms with E-state index in [1.54, 1.807) is 7.05 Å². The fourth-order valence-corrected chi connectivity index (χ4v) is 4.49. The third kappa shape index (κ3) is 4.21. The van der Waals surface area contributed by atoms with Crippen molar-refractivity contribution in [2.24, 2.45) is 14.1 Å². The molecule has 0 aliphatic heterocycles. The number of aromatic nitrogens is 4. The highest BCUT2D eigenvalue weighted by Gasteiger charge is 2.31. The van der Waals surface area contributed by atoms with Crippen LogP contribution >= 0.6 is 11.8 Å². The first-order chi connectivity index (χ1) is 15.1. The molecule has 4 rings (SSSR count). The van der Waals surface area contributed by atoms with Gasteiger partial charge in [-0.3, -0.25) is 18.7 Å². The van der Waals surface area contributed by atoms with Gasteiger partial charge in [-0.25, -0.2) is 14.8 Å². The topological polar surface area (TPSA) is 98.9 Å². The zero-order valence-corrected chi connectivity index (χ0v) is 19.7. The van der Waals surface area contributed by atoms with Gasteiger partial charge in [-0.15, -0.1) is 0 Å². The van der Waals surface area contributed by atoms with E-state index in [9.17, 15) is 14.4 Å². The minimum absolute atomic E-state index is 0.116. The van der Waals surface area contributed by atoms with Gasteiger partial charge in [0.05, 0.1) is 0 Å². The normalized spacial score (nSPS) is 15.0. The molecule has 1 atom stereocenters. The zero-order valence-electron chi connectivity index (χ0n) is 18.9. The van der Waals surface area contributed by atoms with Gasteiger partial charge in [0.25, 0.3) is 5.56 Å². The van der Waals surface area contributed by atoms with Crippen LogP contribution < -0.4 is 16.6 Å². The molecule has 0 bridgehead atoms. The molecule has 1 N–H and O–H groups in total. The molecule has 9 heteroatoms. The molecular weight excluding hydrogens is 426 g/mol. The predicted octanol–water partition coefficient (Wildman–Crippen LogP) is 2.44. The Hall–Kier alpha value is -2.94. The van der Waals surface area contributed by atoms with E-state index in [0.29, 0.717) is 10.9 Å². The number of nitrogens with one attached hydrogen (secondary N) is 1. The van der Waals surface area contributed by atoms with E-state index >= 15 is 0 Å². The number of carbonyl (C=O) groups excluding carboxylic acids is 1. The number of rotatable bonds is 5. The summed E-state index contributed by atoms with van der Waals surface area (Å²) in [6.45, 7) is 5.91. The van der Waals surface area contributed by atoms with Gasteiger partial charge < -0.3 is 5.32 Å². The second-order valence-corrected chi connectivity index (χ2v) is 10.3. The minimum Gasteiger partial charge on any atom is -0.352 e. The Kier molecular flexibility index (Phi) is 5.70. The number of benzene rings is 1. The molecule has 1 amide bonds. The summed E-state index contributed by atoms with van der Waals surface area (Å²) in [6.07, 6.45) is 1.95. The number of hydrogen-bond donors (Lipinski definition) is 1. The van der Waals surface area contributed by atoms with Crippen molar-refractivity contribution in [2.75, 3.05) is 0 Å². The number of amides is 1. The van der Waals surface area contributed by atoms with Crippen molar-refractivity contribution in [3.05, 3.63) is 62.6 Å². The number of aryl methyl sites for hydroxylation is 1. The fraction of sp³-hybridized carbons (Fsp3) is 0.435. The summed E-state index contributed by atoms with van der Waals surface area (Å²) in [5.74, 6) is 0.389. The van der Waals surface area contributed by atoms with E-state index in [1.807, 2.05) is 51.1 Å². The first-order valence-corrected chi connectivity index (χ1v) is 11.5. The second kappa shape index (κ2) is 8.20. The maximum absolute atomic E-state index is 13.2. The first kappa shape index (κ1) is 22.3. The second-order valence-electron chi connectivity index (χ2n) is 9.20. The van der Waals surface area contributed by atoms with E-state index in [0.717, 1.165) is 23.0 Å². The molecule has 2 aromatic heterocycles. The molecule has 0 radical (unpaired) electrons. The zero-order chi connectivity index (χ0) is 23.2. The molecule has 0 spiro atoms. The average molecular weight is 454 g/mol. The highest BCUT2D eigenvalue weighted by atomic mass is 32.2. The summed E-state index contributed by atoms with van der Waals surface area (Å²) < 4.78 is 2.41. The molecule has 1 unspecified atom stereocenters. The van der Waals surface area contributed by atoms with Crippen LogP contribution in [0.1, 0.15) is 50.3 Å². The van der Waals surface area contributed by atoms with E-state index in [2.05, 4.69) is 10.3 Å². The monoisotopic (exact) mass is 453 g/mol. The van der Waals surface area contributed by atoms with Crippen LogP contribution in [-0.2, 0) is 24.3 Å². The molecule has 0 saturated heterocycles. The highest BCUT2D eigenvalue weighted by Crippen LogP contribution is 2.38. The van der Waals surface area contributed by atoms with E-state index in [1.165, 1.54) is 23.4 Å². The smallest absolute Gasteiger partial charge is 0.332 e. The van der Waals surface area contributed by atoms with Crippen molar-refractivity contribution in [3.8, 4) is 0 Å². The van der Waals surface area contributed by atoms with Gasteiger partial charge in [0.1, 0.15) is 21.5 Å². The van der Waals surface area contributed by atoms with Crippen LogP contribution in [-0.4, -0.2) is 31.1 Å². The highest BCUT2D eigenvalue weighted by molar-refractivity contribution is 8.00. The van der Waals surface area contributed by atoms with Crippen molar-refractivity contribution >= 4 is 28.7 Å². The third-order valence-electron chi connectivity index (χ3n) is 5.43. The number of nitrogens with zero attached hydrogens (tertiary/aromatic N) is 4. The van der Waals surface area contributed by atoms with Gasteiger partial charge in [-0.05, 0) is 18.4 Å². The molecule has 1 fully saturated rings. The average Bonchev–Trinajstić information content (AvgIpc) is 3.57. The van der Waals surface area contributed by atoms with Crippen LogP contribution in [0.3, 0.4) is 0 Å². The third-order valence-corrected chi connectivity index (χ3v) is 6.67. The maximum Gasteiger partial charge on any atom is 0.332 e. The molecule has 1 aliphatic rings. The molecule has 32 heavy (non-hydrogen) atoms. The van der Waals surface area contributed by atoms with Gasteiger partial charge in [-0.2, -0.15) is 0 Å². The Morgan fingerprint density at radius 3 is 2.34 bits per heavy atom. The molecule has 3 aromatic rings. The van der Waals surface area contributed by atoms with Crippen LogP contribution in [0.5, 0.6) is 0 Å².